The van der Waals surface area contributed by atoms with Crippen LogP contribution in [0.5, 0.6) is 0 Å². The molecule has 0 bridgehead atoms. The summed E-state index contributed by atoms with van der Waals surface area (Å²) in [5.41, 5.74) is 6.15. The van der Waals surface area contributed by atoms with Crippen molar-refractivity contribution >= 4 is 7.44 Å². The van der Waals surface area contributed by atoms with E-state index in [4.69, 9.17) is 0 Å². The molecule has 0 amide bonds. The Hall–Kier alpha value is 0.0700. The lowest BCUT2D eigenvalue weighted by Crippen LogP contribution is -2.39. The van der Waals surface area contributed by atoms with E-state index in [9.17, 15) is 4.57 Å². The van der Waals surface area contributed by atoms with Gasteiger partial charge in [0.2, 0.25) is 7.44 Å². The summed E-state index contributed by atoms with van der Waals surface area (Å²) >= 11 is 0. The lowest BCUT2D eigenvalue weighted by molar-refractivity contribution is 0.503. The van der Waals surface area contributed by atoms with Gasteiger partial charge in [0.25, 0.3) is 0 Å². The zero-order valence-corrected chi connectivity index (χ0v) is 16.6. The van der Waals surface area contributed by atoms with Crippen LogP contribution in [0.4, 0.5) is 0 Å². The van der Waals surface area contributed by atoms with E-state index in [1.807, 2.05) is 0 Å². The highest BCUT2D eigenvalue weighted by Crippen LogP contribution is 2.26. The Morgan fingerprint density at radius 3 is 1.35 bits per heavy atom. The van der Waals surface area contributed by atoms with Gasteiger partial charge in [0, 0.05) is 19.8 Å². The molecule has 0 atom stereocenters. The maximum Gasteiger partial charge on any atom is 0.234 e. The Bertz CT molecular complexity index is 266. The molecule has 5 nitrogen and oxygen atoms in total. The summed E-state index contributed by atoms with van der Waals surface area (Å²) in [5, 5.41) is 5.82. The summed E-state index contributed by atoms with van der Waals surface area (Å²) < 4.78 is 12.2. The smallest absolute Gasteiger partial charge is 0.234 e. The van der Waals surface area contributed by atoms with E-state index in [0.717, 1.165) is 25.9 Å². The molecule has 0 aromatic rings. The van der Waals surface area contributed by atoms with Crippen LogP contribution in [-0.2, 0) is 4.57 Å². The van der Waals surface area contributed by atoms with Crippen LogP contribution in [0.25, 0.3) is 0 Å². The quantitative estimate of drug-likeness (QED) is 0.164. The lowest BCUT2D eigenvalue weighted by Gasteiger charge is -2.17. The van der Waals surface area contributed by atoms with E-state index < -0.39 is 7.44 Å². The Morgan fingerprint density at radius 2 is 0.957 bits per heavy atom. The van der Waals surface area contributed by atoms with Gasteiger partial charge >= 0.3 is 0 Å². The van der Waals surface area contributed by atoms with Crippen molar-refractivity contribution in [3.05, 3.63) is 0 Å². The molecule has 0 aromatic carbocycles. The maximum atomic E-state index is 12.2. The third-order valence-electron chi connectivity index (χ3n) is 3.90. The first-order chi connectivity index (χ1) is 11.1. The summed E-state index contributed by atoms with van der Waals surface area (Å²) in [7, 11) is -2.55. The molecule has 0 saturated carbocycles. The summed E-state index contributed by atoms with van der Waals surface area (Å²) in [4.78, 5) is 0. The van der Waals surface area contributed by atoms with Crippen molar-refractivity contribution in [2.24, 2.45) is 0 Å². The van der Waals surface area contributed by atoms with Gasteiger partial charge in [-0.1, -0.05) is 78.1 Å². The Morgan fingerprint density at radius 1 is 0.609 bits per heavy atom. The van der Waals surface area contributed by atoms with Crippen LogP contribution >= 0.6 is 7.44 Å². The number of hydrogen-bond donors (Lipinski definition) is 4. The van der Waals surface area contributed by atoms with Gasteiger partial charge in [-0.25, -0.2) is 0 Å². The maximum absolute atomic E-state index is 12.2. The zero-order valence-electron chi connectivity index (χ0n) is 15.8. The number of hydrazine groups is 2. The first-order valence-electron chi connectivity index (χ1n) is 9.70. The summed E-state index contributed by atoms with van der Waals surface area (Å²) in [5.74, 6) is 0. The molecule has 0 radical (unpaired) electrons. The van der Waals surface area contributed by atoms with Gasteiger partial charge in [-0.2, -0.15) is 10.4 Å². The molecule has 6 heteroatoms. The fourth-order valence-electron chi connectivity index (χ4n) is 2.43. The van der Waals surface area contributed by atoms with Crippen molar-refractivity contribution in [3.63, 3.8) is 0 Å². The van der Waals surface area contributed by atoms with Crippen LogP contribution in [0.15, 0.2) is 0 Å². The SMILES string of the molecule is CCCCCCCCNNP(C)(=O)NNCCCCCCCC. The molecule has 140 valence electrons. The monoisotopic (exact) mass is 348 g/mol. The topological polar surface area (TPSA) is 65.2 Å². The van der Waals surface area contributed by atoms with E-state index in [1.165, 1.54) is 64.2 Å². The van der Waals surface area contributed by atoms with E-state index in [1.54, 1.807) is 6.66 Å². The number of unbranched alkanes of at least 4 members (excludes halogenated alkanes) is 10. The first-order valence-corrected chi connectivity index (χ1v) is 11.9. The molecule has 0 fully saturated rings. The van der Waals surface area contributed by atoms with Crippen LogP contribution < -0.4 is 21.2 Å². The lowest BCUT2D eigenvalue weighted by atomic mass is 10.1. The highest BCUT2D eigenvalue weighted by molar-refractivity contribution is 7.58. The van der Waals surface area contributed by atoms with E-state index in [0.29, 0.717) is 0 Å². The average Bonchev–Trinajstić information content (AvgIpc) is 2.52. The second kappa shape index (κ2) is 16.9. The van der Waals surface area contributed by atoms with Gasteiger partial charge in [-0.15, -0.1) is 0 Å². The number of hydrogen-bond acceptors (Lipinski definition) is 3. The predicted octanol–water partition coefficient (Wildman–Crippen LogP) is 4.72. The van der Waals surface area contributed by atoms with Crippen molar-refractivity contribution in [2.45, 2.75) is 90.9 Å². The highest BCUT2D eigenvalue weighted by atomic mass is 31.2. The van der Waals surface area contributed by atoms with Crippen molar-refractivity contribution in [2.75, 3.05) is 19.8 Å². The summed E-state index contributed by atoms with van der Waals surface area (Å²) in [6.45, 7) is 7.90. The largest absolute Gasteiger partial charge is 0.287 e. The summed E-state index contributed by atoms with van der Waals surface area (Å²) in [6.07, 6.45) is 15.3. The van der Waals surface area contributed by atoms with Crippen LogP contribution in [-0.4, -0.2) is 19.8 Å². The molecule has 0 saturated heterocycles. The van der Waals surface area contributed by atoms with Gasteiger partial charge in [-0.3, -0.25) is 15.4 Å². The minimum absolute atomic E-state index is 0.864. The summed E-state index contributed by atoms with van der Waals surface area (Å²) in [6, 6.07) is 0. The molecule has 4 N–H and O–H groups in total. The normalized spacial score (nSPS) is 12.0. The van der Waals surface area contributed by atoms with Crippen LogP contribution in [0.2, 0.25) is 0 Å². The van der Waals surface area contributed by atoms with Crippen LogP contribution in [0.1, 0.15) is 90.9 Å². The fourth-order valence-corrected chi connectivity index (χ4v) is 3.31. The van der Waals surface area contributed by atoms with Crippen molar-refractivity contribution < 1.29 is 4.57 Å². The van der Waals surface area contributed by atoms with Crippen molar-refractivity contribution in [1.82, 2.24) is 21.2 Å². The van der Waals surface area contributed by atoms with Gasteiger partial charge in [0.1, 0.15) is 0 Å². The minimum Gasteiger partial charge on any atom is -0.287 e. The van der Waals surface area contributed by atoms with Gasteiger partial charge in [-0.05, 0) is 12.8 Å². The number of nitrogens with one attached hydrogen (secondary N) is 4. The second-order valence-corrected chi connectivity index (χ2v) is 8.83. The van der Waals surface area contributed by atoms with Crippen molar-refractivity contribution in [3.8, 4) is 0 Å². The molecule has 23 heavy (non-hydrogen) atoms. The van der Waals surface area contributed by atoms with Crippen LogP contribution in [0.3, 0.4) is 0 Å². The molecule has 0 spiro atoms. The molecule has 0 aliphatic carbocycles. The fraction of sp³-hybridized carbons (Fsp3) is 1.00. The van der Waals surface area contributed by atoms with Crippen LogP contribution in [0, 0.1) is 0 Å². The third-order valence-corrected chi connectivity index (χ3v) is 5.07. The van der Waals surface area contributed by atoms with Gasteiger partial charge in [0.05, 0.1) is 0 Å². The first kappa shape index (κ1) is 23.1. The second-order valence-electron chi connectivity index (χ2n) is 6.54. The molecule has 0 rings (SSSR count). The molecule has 0 aliphatic heterocycles. The molecular formula is C17H41N4OP. The zero-order chi connectivity index (χ0) is 17.2. The Balaban J connectivity index is 3.35. The third kappa shape index (κ3) is 18.3. The molecule has 0 aromatic heterocycles. The van der Waals surface area contributed by atoms with Crippen molar-refractivity contribution in [1.29, 1.82) is 0 Å². The predicted molar refractivity (Wildman–Crippen MR) is 103 cm³/mol. The molecule has 0 unspecified atom stereocenters. The molecular weight excluding hydrogens is 307 g/mol. The van der Waals surface area contributed by atoms with Gasteiger partial charge in [0.15, 0.2) is 0 Å². The van der Waals surface area contributed by atoms with E-state index in [2.05, 4.69) is 35.1 Å². The molecule has 0 aliphatic rings. The minimum atomic E-state index is -2.55. The Labute approximate surface area is 144 Å². The van der Waals surface area contributed by atoms with E-state index in [-0.39, 0.29) is 0 Å². The number of rotatable bonds is 18. The average molecular weight is 349 g/mol. The highest BCUT2D eigenvalue weighted by Gasteiger charge is 2.11. The molecule has 0 heterocycles. The van der Waals surface area contributed by atoms with Gasteiger partial charge < -0.3 is 0 Å². The Kier molecular flexibility index (Phi) is 17.0. The van der Waals surface area contributed by atoms with E-state index >= 15 is 0 Å². The standard InChI is InChI=1S/C17H41N4OP/c1-4-6-8-10-12-14-16-18-20-23(3,22)21-19-17-15-13-11-9-7-5-2/h18-19H,4-17H2,1-3H3,(H2,20,21,22).